The van der Waals surface area contributed by atoms with Crippen molar-refractivity contribution in [2.45, 2.75) is 36.4 Å². The molecule has 1 aliphatic carbocycles. The monoisotopic (exact) mass is 340 g/mol. The van der Waals surface area contributed by atoms with Gasteiger partial charge in [0.25, 0.3) is 0 Å². The Morgan fingerprint density at radius 2 is 2.00 bits per heavy atom. The standard InChI is InChI=1S/C15H24N4OS2/c20-14(11-21-15-17-16-12-22-15)19-8-6-18(7-9-19)10-13-4-2-1-3-5-13/h12-13H,1-11H2. The van der Waals surface area contributed by atoms with Crippen LogP contribution in [-0.2, 0) is 4.79 Å². The first-order chi connectivity index (χ1) is 10.8. The van der Waals surface area contributed by atoms with Gasteiger partial charge in [0, 0.05) is 32.7 Å². The van der Waals surface area contributed by atoms with Gasteiger partial charge in [0.05, 0.1) is 5.75 Å². The van der Waals surface area contributed by atoms with Crippen LogP contribution >= 0.6 is 23.1 Å². The van der Waals surface area contributed by atoms with Gasteiger partial charge >= 0.3 is 0 Å². The first-order valence-electron chi connectivity index (χ1n) is 8.20. The fourth-order valence-electron chi connectivity index (χ4n) is 3.36. The molecule has 0 aromatic carbocycles. The number of aromatic nitrogens is 2. The Bertz CT molecular complexity index is 454. The van der Waals surface area contributed by atoms with Gasteiger partial charge in [-0.15, -0.1) is 10.2 Å². The highest BCUT2D eigenvalue weighted by molar-refractivity contribution is 8.01. The molecule has 5 nitrogen and oxygen atoms in total. The molecule has 0 radical (unpaired) electrons. The summed E-state index contributed by atoms with van der Waals surface area (Å²) in [6.07, 6.45) is 7.04. The van der Waals surface area contributed by atoms with Crippen molar-refractivity contribution >= 4 is 29.0 Å². The lowest BCUT2D eigenvalue weighted by molar-refractivity contribution is -0.130. The Hall–Kier alpha value is -0.660. The van der Waals surface area contributed by atoms with Crippen LogP contribution in [0.25, 0.3) is 0 Å². The minimum absolute atomic E-state index is 0.234. The first kappa shape index (κ1) is 16.2. The number of carbonyl (C=O) groups is 1. The summed E-state index contributed by atoms with van der Waals surface area (Å²) < 4.78 is 0.879. The van der Waals surface area contributed by atoms with E-state index in [1.165, 1.54) is 61.7 Å². The third kappa shape index (κ3) is 4.67. The van der Waals surface area contributed by atoms with Crippen LogP contribution in [0.1, 0.15) is 32.1 Å². The molecular weight excluding hydrogens is 316 g/mol. The van der Waals surface area contributed by atoms with Gasteiger partial charge in [0.15, 0.2) is 4.34 Å². The normalized spacial score (nSPS) is 21.2. The van der Waals surface area contributed by atoms with Crippen LogP contribution in [-0.4, -0.2) is 64.4 Å². The maximum atomic E-state index is 12.2. The molecule has 1 aliphatic heterocycles. The number of rotatable bonds is 5. The van der Waals surface area contributed by atoms with Gasteiger partial charge < -0.3 is 4.90 Å². The predicted molar refractivity (Wildman–Crippen MR) is 90.2 cm³/mol. The lowest BCUT2D eigenvalue weighted by Crippen LogP contribution is -2.50. The number of nitrogens with zero attached hydrogens (tertiary/aromatic N) is 4. The highest BCUT2D eigenvalue weighted by atomic mass is 32.2. The van der Waals surface area contributed by atoms with Gasteiger partial charge in [0.2, 0.25) is 5.91 Å². The summed E-state index contributed by atoms with van der Waals surface area (Å²) in [5.74, 6) is 1.61. The van der Waals surface area contributed by atoms with Gasteiger partial charge in [0.1, 0.15) is 5.51 Å². The van der Waals surface area contributed by atoms with Crippen LogP contribution in [0.2, 0.25) is 0 Å². The second-order valence-corrected chi connectivity index (χ2v) is 8.23. The van der Waals surface area contributed by atoms with Crippen molar-refractivity contribution in [1.29, 1.82) is 0 Å². The third-order valence-electron chi connectivity index (χ3n) is 4.63. The molecule has 1 amide bonds. The van der Waals surface area contributed by atoms with E-state index in [1.54, 1.807) is 5.51 Å². The lowest BCUT2D eigenvalue weighted by Gasteiger charge is -2.37. The van der Waals surface area contributed by atoms with Gasteiger partial charge in [-0.3, -0.25) is 9.69 Å². The molecule has 2 fully saturated rings. The summed E-state index contributed by atoms with van der Waals surface area (Å²) >= 11 is 2.99. The summed E-state index contributed by atoms with van der Waals surface area (Å²) in [6, 6.07) is 0. The summed E-state index contributed by atoms with van der Waals surface area (Å²) in [5, 5.41) is 7.76. The van der Waals surface area contributed by atoms with E-state index in [-0.39, 0.29) is 5.91 Å². The van der Waals surface area contributed by atoms with Crippen LogP contribution in [0.5, 0.6) is 0 Å². The molecule has 0 bridgehead atoms. The molecule has 1 saturated carbocycles. The molecule has 1 saturated heterocycles. The van der Waals surface area contributed by atoms with Crippen molar-refractivity contribution in [1.82, 2.24) is 20.0 Å². The van der Waals surface area contributed by atoms with Crippen LogP contribution in [0, 0.1) is 5.92 Å². The maximum absolute atomic E-state index is 12.2. The van der Waals surface area contributed by atoms with E-state index < -0.39 is 0 Å². The minimum atomic E-state index is 0.234. The summed E-state index contributed by atoms with van der Waals surface area (Å²) in [5.41, 5.74) is 1.71. The molecule has 1 aromatic rings. The Labute approximate surface area is 140 Å². The number of hydrogen-bond donors (Lipinski definition) is 0. The minimum Gasteiger partial charge on any atom is -0.339 e. The molecule has 22 heavy (non-hydrogen) atoms. The molecule has 3 rings (SSSR count). The summed E-state index contributed by atoms with van der Waals surface area (Å²) in [7, 11) is 0. The van der Waals surface area contributed by atoms with Gasteiger partial charge in [-0.2, -0.15) is 0 Å². The Morgan fingerprint density at radius 1 is 1.23 bits per heavy atom. The fraction of sp³-hybridized carbons (Fsp3) is 0.800. The molecule has 0 N–H and O–H groups in total. The number of piperazine rings is 1. The average Bonchev–Trinajstić information content (AvgIpc) is 3.08. The van der Waals surface area contributed by atoms with Gasteiger partial charge in [-0.1, -0.05) is 42.4 Å². The van der Waals surface area contributed by atoms with Crippen LogP contribution in [0.15, 0.2) is 9.85 Å². The van der Waals surface area contributed by atoms with E-state index >= 15 is 0 Å². The lowest BCUT2D eigenvalue weighted by atomic mass is 9.89. The Morgan fingerprint density at radius 3 is 2.68 bits per heavy atom. The number of thioether (sulfide) groups is 1. The zero-order chi connectivity index (χ0) is 15.2. The van der Waals surface area contributed by atoms with E-state index in [9.17, 15) is 4.79 Å². The second-order valence-electron chi connectivity index (χ2n) is 6.18. The predicted octanol–water partition coefficient (Wildman–Crippen LogP) is 2.35. The molecule has 2 heterocycles. The van der Waals surface area contributed by atoms with Crippen molar-refractivity contribution < 1.29 is 4.79 Å². The van der Waals surface area contributed by atoms with E-state index in [4.69, 9.17) is 0 Å². The zero-order valence-corrected chi connectivity index (χ0v) is 14.6. The van der Waals surface area contributed by atoms with Gasteiger partial charge in [-0.05, 0) is 18.8 Å². The molecule has 122 valence electrons. The fourth-order valence-corrected chi connectivity index (χ4v) is 4.75. The average molecular weight is 341 g/mol. The van der Waals surface area contributed by atoms with Crippen LogP contribution < -0.4 is 0 Å². The number of amides is 1. The maximum Gasteiger partial charge on any atom is 0.233 e. The SMILES string of the molecule is O=C(CSc1nncs1)N1CCN(CC2CCCCC2)CC1. The summed E-state index contributed by atoms with van der Waals surface area (Å²) in [4.78, 5) is 16.8. The van der Waals surface area contributed by atoms with Gasteiger partial charge in [-0.25, -0.2) is 0 Å². The van der Waals surface area contributed by atoms with Crippen LogP contribution in [0.4, 0.5) is 0 Å². The van der Waals surface area contributed by atoms with Crippen molar-refractivity contribution in [2.24, 2.45) is 5.92 Å². The smallest absolute Gasteiger partial charge is 0.233 e. The van der Waals surface area contributed by atoms with Crippen molar-refractivity contribution in [3.63, 3.8) is 0 Å². The molecular formula is C15H24N4OS2. The molecule has 0 spiro atoms. The van der Waals surface area contributed by atoms with Crippen LogP contribution in [0.3, 0.4) is 0 Å². The molecule has 1 aromatic heterocycles. The number of carbonyl (C=O) groups excluding carboxylic acids is 1. The van der Waals surface area contributed by atoms with E-state index in [2.05, 4.69) is 15.1 Å². The molecule has 0 atom stereocenters. The largest absolute Gasteiger partial charge is 0.339 e. The Kier molecular flexibility index (Phi) is 6.09. The molecule has 7 heteroatoms. The van der Waals surface area contributed by atoms with Crippen molar-refractivity contribution in [2.75, 3.05) is 38.5 Å². The first-order valence-corrected chi connectivity index (χ1v) is 10.1. The topological polar surface area (TPSA) is 49.3 Å². The molecule has 0 unspecified atom stereocenters. The Balaban J connectivity index is 1.36. The number of hydrogen-bond acceptors (Lipinski definition) is 6. The summed E-state index contributed by atoms with van der Waals surface area (Å²) in [6.45, 7) is 5.06. The van der Waals surface area contributed by atoms with Crippen molar-refractivity contribution in [3.05, 3.63) is 5.51 Å². The third-order valence-corrected chi connectivity index (χ3v) is 6.47. The quantitative estimate of drug-likeness (QED) is 0.770. The molecule has 2 aliphatic rings. The zero-order valence-electron chi connectivity index (χ0n) is 12.9. The van der Waals surface area contributed by atoms with Crippen molar-refractivity contribution in [3.8, 4) is 0 Å². The highest BCUT2D eigenvalue weighted by Crippen LogP contribution is 2.25. The van der Waals surface area contributed by atoms with E-state index in [0.29, 0.717) is 5.75 Å². The van der Waals surface area contributed by atoms with E-state index in [0.717, 1.165) is 36.4 Å². The second kappa shape index (κ2) is 8.26. The highest BCUT2D eigenvalue weighted by Gasteiger charge is 2.23. The van der Waals surface area contributed by atoms with E-state index in [1.807, 2.05) is 4.90 Å².